The predicted molar refractivity (Wildman–Crippen MR) is 83.9 cm³/mol. The molecule has 3 aliphatic heterocycles. The molecule has 0 aromatic rings. The lowest BCUT2D eigenvalue weighted by Crippen LogP contribution is -2.52. The van der Waals surface area contributed by atoms with Crippen molar-refractivity contribution >= 4 is 5.91 Å². The summed E-state index contributed by atoms with van der Waals surface area (Å²) in [5, 5.41) is 0. The number of amides is 1. The Hall–Kier alpha value is -0.690. The standard InChI is InChI=1S/C16H29N3O3/c20-16(19-8-11-21-12-9-19)14-18-6-4-17(5-7-18)13-15-3-1-2-10-22-15/h15H,1-14H2. The van der Waals surface area contributed by atoms with Gasteiger partial charge in [-0.25, -0.2) is 0 Å². The molecule has 0 aromatic carbocycles. The van der Waals surface area contributed by atoms with Crippen molar-refractivity contribution in [1.29, 1.82) is 0 Å². The minimum absolute atomic E-state index is 0.257. The van der Waals surface area contributed by atoms with Crippen LogP contribution in [0.15, 0.2) is 0 Å². The predicted octanol–water partition coefficient (Wildman–Crippen LogP) is 0.0319. The number of hydrogen-bond acceptors (Lipinski definition) is 5. The van der Waals surface area contributed by atoms with Crippen molar-refractivity contribution in [2.75, 3.05) is 72.2 Å². The van der Waals surface area contributed by atoms with E-state index in [4.69, 9.17) is 9.47 Å². The first-order valence-corrected chi connectivity index (χ1v) is 8.73. The molecule has 0 radical (unpaired) electrons. The summed E-state index contributed by atoms with van der Waals surface area (Å²) in [6.45, 7) is 9.49. The van der Waals surface area contributed by atoms with Crippen molar-refractivity contribution < 1.29 is 14.3 Å². The van der Waals surface area contributed by atoms with Crippen LogP contribution >= 0.6 is 0 Å². The van der Waals surface area contributed by atoms with E-state index >= 15 is 0 Å². The summed E-state index contributed by atoms with van der Waals surface area (Å²) in [6.07, 6.45) is 4.15. The molecule has 0 bridgehead atoms. The SMILES string of the molecule is O=C(CN1CCN(CC2CCCCO2)CC1)N1CCOCC1. The van der Waals surface area contributed by atoms with Gasteiger partial charge in [-0.05, 0) is 19.3 Å². The normalized spacial score (nSPS) is 28.7. The van der Waals surface area contributed by atoms with Crippen LogP contribution in [0.25, 0.3) is 0 Å². The van der Waals surface area contributed by atoms with E-state index in [1.165, 1.54) is 19.3 Å². The largest absolute Gasteiger partial charge is 0.378 e. The van der Waals surface area contributed by atoms with Gasteiger partial charge >= 0.3 is 0 Å². The van der Waals surface area contributed by atoms with Gasteiger partial charge in [0.25, 0.3) is 0 Å². The van der Waals surface area contributed by atoms with Gasteiger partial charge in [0.2, 0.25) is 5.91 Å². The van der Waals surface area contributed by atoms with E-state index in [1.54, 1.807) is 0 Å². The van der Waals surface area contributed by atoms with E-state index in [0.29, 0.717) is 25.9 Å². The number of ether oxygens (including phenoxy) is 2. The van der Waals surface area contributed by atoms with E-state index in [2.05, 4.69) is 9.80 Å². The third kappa shape index (κ3) is 4.65. The summed E-state index contributed by atoms with van der Waals surface area (Å²) in [4.78, 5) is 19.0. The molecule has 1 amide bonds. The highest BCUT2D eigenvalue weighted by atomic mass is 16.5. The zero-order chi connectivity index (χ0) is 15.2. The monoisotopic (exact) mass is 311 g/mol. The summed E-state index contributed by atoms with van der Waals surface area (Å²) >= 11 is 0. The molecule has 6 nitrogen and oxygen atoms in total. The van der Waals surface area contributed by atoms with Crippen LogP contribution in [0.3, 0.4) is 0 Å². The molecule has 6 heteroatoms. The minimum atomic E-state index is 0.257. The molecule has 3 fully saturated rings. The molecule has 0 N–H and O–H groups in total. The van der Waals surface area contributed by atoms with Gasteiger partial charge in [0, 0.05) is 52.4 Å². The summed E-state index contributed by atoms with van der Waals surface area (Å²) < 4.78 is 11.1. The van der Waals surface area contributed by atoms with Gasteiger partial charge in [0.15, 0.2) is 0 Å². The zero-order valence-corrected chi connectivity index (χ0v) is 13.5. The van der Waals surface area contributed by atoms with Gasteiger partial charge in [-0.2, -0.15) is 0 Å². The third-order valence-electron chi connectivity index (χ3n) is 4.92. The average molecular weight is 311 g/mol. The zero-order valence-electron chi connectivity index (χ0n) is 13.5. The van der Waals surface area contributed by atoms with Crippen LogP contribution in [-0.2, 0) is 14.3 Å². The maximum absolute atomic E-state index is 12.3. The lowest BCUT2D eigenvalue weighted by atomic mass is 10.1. The molecule has 3 saturated heterocycles. The maximum atomic E-state index is 12.3. The van der Waals surface area contributed by atoms with Crippen LogP contribution in [-0.4, -0.2) is 98.9 Å². The van der Waals surface area contributed by atoms with Crippen molar-refractivity contribution in [3.63, 3.8) is 0 Å². The fourth-order valence-corrected chi connectivity index (χ4v) is 3.47. The number of nitrogens with zero attached hydrogens (tertiary/aromatic N) is 3. The molecule has 1 atom stereocenters. The number of hydrogen-bond donors (Lipinski definition) is 0. The van der Waals surface area contributed by atoms with Gasteiger partial charge in [0.05, 0.1) is 25.9 Å². The van der Waals surface area contributed by atoms with Gasteiger partial charge in [-0.1, -0.05) is 0 Å². The maximum Gasteiger partial charge on any atom is 0.236 e. The molecule has 0 saturated carbocycles. The molecule has 126 valence electrons. The van der Waals surface area contributed by atoms with Crippen molar-refractivity contribution in [3.05, 3.63) is 0 Å². The number of carbonyl (C=O) groups is 1. The van der Waals surface area contributed by atoms with E-state index < -0.39 is 0 Å². The number of rotatable bonds is 4. The Morgan fingerprint density at radius 2 is 1.64 bits per heavy atom. The molecule has 3 heterocycles. The number of carbonyl (C=O) groups excluding carboxylic acids is 1. The van der Waals surface area contributed by atoms with Gasteiger partial charge in [-0.15, -0.1) is 0 Å². The topological polar surface area (TPSA) is 45.2 Å². The van der Waals surface area contributed by atoms with Crippen LogP contribution in [0.5, 0.6) is 0 Å². The Bertz CT molecular complexity index is 347. The molecule has 0 aliphatic carbocycles. The highest BCUT2D eigenvalue weighted by Gasteiger charge is 2.24. The van der Waals surface area contributed by atoms with Crippen LogP contribution in [0, 0.1) is 0 Å². The minimum Gasteiger partial charge on any atom is -0.378 e. The first-order valence-electron chi connectivity index (χ1n) is 8.73. The summed E-state index contributed by atoms with van der Waals surface area (Å²) in [6, 6.07) is 0. The molecule has 3 aliphatic rings. The molecular formula is C16H29N3O3. The van der Waals surface area contributed by atoms with Crippen molar-refractivity contribution in [2.45, 2.75) is 25.4 Å². The Morgan fingerprint density at radius 1 is 0.909 bits per heavy atom. The average Bonchev–Trinajstić information content (AvgIpc) is 2.58. The van der Waals surface area contributed by atoms with Crippen molar-refractivity contribution in [3.8, 4) is 0 Å². The van der Waals surface area contributed by atoms with Crippen molar-refractivity contribution in [1.82, 2.24) is 14.7 Å². The second kappa shape index (κ2) is 8.24. The second-order valence-electron chi connectivity index (χ2n) is 6.56. The molecule has 0 aromatic heterocycles. The van der Waals surface area contributed by atoms with E-state index in [-0.39, 0.29) is 5.91 Å². The smallest absolute Gasteiger partial charge is 0.236 e. The number of piperazine rings is 1. The number of morpholine rings is 1. The Morgan fingerprint density at radius 3 is 2.32 bits per heavy atom. The molecule has 0 spiro atoms. The summed E-state index contributed by atoms with van der Waals surface area (Å²) in [5.74, 6) is 0.257. The first-order chi connectivity index (χ1) is 10.8. The third-order valence-corrected chi connectivity index (χ3v) is 4.92. The second-order valence-corrected chi connectivity index (χ2v) is 6.56. The fourth-order valence-electron chi connectivity index (χ4n) is 3.47. The van der Waals surface area contributed by atoms with Crippen LogP contribution in [0.4, 0.5) is 0 Å². The van der Waals surface area contributed by atoms with Crippen LogP contribution in [0.2, 0.25) is 0 Å². The fraction of sp³-hybridized carbons (Fsp3) is 0.938. The Kier molecular flexibility index (Phi) is 6.06. The van der Waals surface area contributed by atoms with Crippen LogP contribution in [0.1, 0.15) is 19.3 Å². The lowest BCUT2D eigenvalue weighted by molar-refractivity contribution is -0.137. The van der Waals surface area contributed by atoms with Gasteiger partial charge in [-0.3, -0.25) is 14.6 Å². The van der Waals surface area contributed by atoms with Crippen molar-refractivity contribution in [2.24, 2.45) is 0 Å². The highest BCUT2D eigenvalue weighted by molar-refractivity contribution is 5.78. The highest BCUT2D eigenvalue weighted by Crippen LogP contribution is 2.15. The van der Waals surface area contributed by atoms with E-state index in [0.717, 1.165) is 52.4 Å². The Labute approximate surface area is 133 Å². The summed E-state index contributed by atoms with van der Waals surface area (Å²) in [7, 11) is 0. The quantitative estimate of drug-likeness (QED) is 0.733. The molecular weight excluding hydrogens is 282 g/mol. The Balaban J connectivity index is 1.35. The molecule has 3 rings (SSSR count). The van der Waals surface area contributed by atoms with Gasteiger partial charge in [0.1, 0.15) is 0 Å². The van der Waals surface area contributed by atoms with Crippen LogP contribution < -0.4 is 0 Å². The first kappa shape index (κ1) is 16.2. The van der Waals surface area contributed by atoms with E-state index in [1.807, 2.05) is 4.90 Å². The van der Waals surface area contributed by atoms with E-state index in [9.17, 15) is 4.79 Å². The lowest BCUT2D eigenvalue weighted by Gasteiger charge is -2.37. The molecule has 1 unspecified atom stereocenters. The summed E-state index contributed by atoms with van der Waals surface area (Å²) in [5.41, 5.74) is 0. The van der Waals surface area contributed by atoms with Gasteiger partial charge < -0.3 is 14.4 Å². The molecule has 22 heavy (non-hydrogen) atoms.